The van der Waals surface area contributed by atoms with Gasteiger partial charge in [-0.25, -0.2) is 9.97 Å². The Morgan fingerprint density at radius 1 is 1.44 bits per heavy atom. The van der Waals surface area contributed by atoms with E-state index in [-0.39, 0.29) is 12.5 Å². The molecule has 0 unspecified atom stereocenters. The van der Waals surface area contributed by atoms with Crippen molar-refractivity contribution in [2.24, 2.45) is 0 Å². The van der Waals surface area contributed by atoms with Crippen molar-refractivity contribution in [2.45, 2.75) is 20.5 Å². The third-order valence-electron chi connectivity index (χ3n) is 2.03. The van der Waals surface area contributed by atoms with Gasteiger partial charge in [0.25, 0.3) is 0 Å². The van der Waals surface area contributed by atoms with Crippen molar-refractivity contribution in [3.8, 4) is 0 Å². The number of nitrogens with two attached hydrogens (primary N) is 1. The third-order valence-corrected chi connectivity index (χ3v) is 2.03. The van der Waals surface area contributed by atoms with Gasteiger partial charge in [0.1, 0.15) is 18.2 Å². The maximum Gasteiger partial charge on any atom is 0.239 e. The number of carbonyl (C=O) groups is 1. The van der Waals surface area contributed by atoms with Crippen LogP contribution in [-0.2, 0) is 16.1 Å². The van der Waals surface area contributed by atoms with Gasteiger partial charge in [-0.05, 0) is 13.8 Å². The first kappa shape index (κ1) is 14.2. The minimum absolute atomic E-state index is 0.0963. The molecule has 1 aromatic heterocycles. The van der Waals surface area contributed by atoms with Gasteiger partial charge in [0.05, 0.1) is 6.54 Å². The number of carbonyl (C=O) groups excluding carboxylic acids is 1. The van der Waals surface area contributed by atoms with Crippen LogP contribution in [0.15, 0.2) is 6.07 Å². The van der Waals surface area contributed by atoms with Gasteiger partial charge in [-0.1, -0.05) is 0 Å². The number of amides is 1. The van der Waals surface area contributed by atoms with Crippen LogP contribution in [0.25, 0.3) is 0 Å². The Hall–Kier alpha value is -1.89. The maximum atomic E-state index is 11.3. The number of nitrogen functional groups attached to an aromatic ring is 1. The van der Waals surface area contributed by atoms with Crippen LogP contribution in [0.5, 0.6) is 0 Å². The smallest absolute Gasteiger partial charge is 0.239 e. The molecule has 0 bridgehead atoms. The number of hydrogen-bond acceptors (Lipinski definition) is 6. The molecule has 1 aromatic rings. The molecule has 0 spiro atoms. The summed E-state index contributed by atoms with van der Waals surface area (Å²) in [5.74, 6) is 1.26. The van der Waals surface area contributed by atoms with Crippen molar-refractivity contribution in [2.75, 3.05) is 30.7 Å². The summed E-state index contributed by atoms with van der Waals surface area (Å²) in [6.45, 7) is 5.39. The van der Waals surface area contributed by atoms with Gasteiger partial charge in [0, 0.05) is 19.2 Å². The molecule has 0 aromatic carbocycles. The fourth-order valence-electron chi connectivity index (χ4n) is 1.30. The molecule has 0 aliphatic heterocycles. The number of ether oxygens (including phenoxy) is 1. The molecule has 0 saturated heterocycles. The van der Waals surface area contributed by atoms with Crippen LogP contribution in [-0.4, -0.2) is 35.6 Å². The third kappa shape index (κ3) is 4.96. The van der Waals surface area contributed by atoms with Crippen molar-refractivity contribution in [3.63, 3.8) is 0 Å². The summed E-state index contributed by atoms with van der Waals surface area (Å²) in [6, 6.07) is 1.58. The first-order valence-corrected chi connectivity index (χ1v) is 5.87. The van der Waals surface area contributed by atoms with Gasteiger partial charge in [0.2, 0.25) is 5.91 Å². The molecule has 0 aliphatic carbocycles. The second kappa shape index (κ2) is 7.44. The van der Waals surface area contributed by atoms with Gasteiger partial charge in [-0.2, -0.15) is 0 Å². The van der Waals surface area contributed by atoms with Crippen LogP contribution in [0.1, 0.15) is 19.7 Å². The SMILES string of the molecule is CCNC(=O)CNc1cc(N)nc(COCC)n1. The lowest BCUT2D eigenvalue weighted by atomic mass is 10.4. The highest BCUT2D eigenvalue weighted by Crippen LogP contribution is 2.08. The van der Waals surface area contributed by atoms with E-state index in [1.165, 1.54) is 0 Å². The van der Waals surface area contributed by atoms with Gasteiger partial charge in [0.15, 0.2) is 5.82 Å². The lowest BCUT2D eigenvalue weighted by Crippen LogP contribution is -2.29. The van der Waals surface area contributed by atoms with E-state index < -0.39 is 0 Å². The number of nitrogens with one attached hydrogen (secondary N) is 2. The van der Waals surface area contributed by atoms with Crippen LogP contribution >= 0.6 is 0 Å². The Bertz CT molecular complexity index is 397. The van der Waals surface area contributed by atoms with Crippen molar-refractivity contribution in [3.05, 3.63) is 11.9 Å². The largest absolute Gasteiger partial charge is 0.384 e. The first-order chi connectivity index (χ1) is 8.65. The summed E-state index contributed by atoms with van der Waals surface area (Å²) < 4.78 is 5.21. The van der Waals surface area contributed by atoms with Crippen LogP contribution in [0.4, 0.5) is 11.6 Å². The van der Waals surface area contributed by atoms with Gasteiger partial charge >= 0.3 is 0 Å². The standard InChI is InChI=1S/C11H19N5O2/c1-3-13-11(17)6-14-9-5-8(12)15-10(16-9)7-18-4-2/h5H,3-4,6-7H2,1-2H3,(H,13,17)(H3,12,14,15,16). The molecule has 0 atom stereocenters. The zero-order valence-corrected chi connectivity index (χ0v) is 10.7. The van der Waals surface area contributed by atoms with Crippen molar-refractivity contribution in [1.29, 1.82) is 0 Å². The zero-order chi connectivity index (χ0) is 13.4. The Morgan fingerprint density at radius 3 is 2.89 bits per heavy atom. The summed E-state index contributed by atoms with van der Waals surface area (Å²) in [5.41, 5.74) is 5.65. The first-order valence-electron chi connectivity index (χ1n) is 5.87. The summed E-state index contributed by atoms with van der Waals surface area (Å²) in [6.07, 6.45) is 0. The quantitative estimate of drug-likeness (QED) is 0.639. The number of anilines is 2. The lowest BCUT2D eigenvalue weighted by molar-refractivity contribution is -0.119. The van der Waals surface area contributed by atoms with Crippen molar-refractivity contribution >= 4 is 17.5 Å². The second-order valence-electron chi connectivity index (χ2n) is 3.54. The molecular weight excluding hydrogens is 234 g/mol. The minimum atomic E-state index is -0.0963. The monoisotopic (exact) mass is 253 g/mol. The molecule has 1 heterocycles. The highest BCUT2D eigenvalue weighted by atomic mass is 16.5. The number of aromatic nitrogens is 2. The summed E-state index contributed by atoms with van der Waals surface area (Å²) in [4.78, 5) is 19.5. The highest BCUT2D eigenvalue weighted by molar-refractivity contribution is 5.80. The molecule has 100 valence electrons. The predicted molar refractivity (Wildman–Crippen MR) is 68.9 cm³/mol. The van der Waals surface area contributed by atoms with E-state index in [0.717, 1.165) is 0 Å². The average molecular weight is 253 g/mol. The van der Waals surface area contributed by atoms with E-state index in [4.69, 9.17) is 10.5 Å². The van der Waals surface area contributed by atoms with Crippen molar-refractivity contribution in [1.82, 2.24) is 15.3 Å². The van der Waals surface area contributed by atoms with Gasteiger partial charge in [-0.15, -0.1) is 0 Å². The molecule has 18 heavy (non-hydrogen) atoms. The summed E-state index contributed by atoms with van der Waals surface area (Å²) >= 11 is 0. The molecule has 0 saturated carbocycles. The zero-order valence-electron chi connectivity index (χ0n) is 10.7. The Morgan fingerprint density at radius 2 is 2.22 bits per heavy atom. The van der Waals surface area contributed by atoms with E-state index in [1.807, 2.05) is 13.8 Å². The molecule has 0 radical (unpaired) electrons. The Balaban J connectivity index is 2.59. The molecule has 7 nitrogen and oxygen atoms in total. The predicted octanol–water partition coefficient (Wildman–Crippen LogP) is 0.143. The molecule has 0 fully saturated rings. The van der Waals surface area contributed by atoms with Crippen LogP contribution in [0, 0.1) is 0 Å². The van der Waals surface area contributed by atoms with E-state index >= 15 is 0 Å². The maximum absolute atomic E-state index is 11.3. The lowest BCUT2D eigenvalue weighted by Gasteiger charge is -2.08. The Kier molecular flexibility index (Phi) is 5.86. The van der Waals surface area contributed by atoms with Crippen molar-refractivity contribution < 1.29 is 9.53 Å². The average Bonchev–Trinajstić information content (AvgIpc) is 2.34. The van der Waals surface area contributed by atoms with Crippen LogP contribution in [0.3, 0.4) is 0 Å². The number of hydrogen-bond donors (Lipinski definition) is 3. The van der Waals surface area contributed by atoms with E-state index in [2.05, 4.69) is 20.6 Å². The fraction of sp³-hybridized carbons (Fsp3) is 0.545. The molecule has 4 N–H and O–H groups in total. The fourth-order valence-corrected chi connectivity index (χ4v) is 1.30. The molecule has 0 aliphatic rings. The molecule has 7 heteroatoms. The van der Waals surface area contributed by atoms with E-state index in [1.54, 1.807) is 6.07 Å². The minimum Gasteiger partial charge on any atom is -0.384 e. The molecule has 1 rings (SSSR count). The van der Waals surface area contributed by atoms with E-state index in [0.29, 0.717) is 37.2 Å². The number of rotatable bonds is 7. The topological polar surface area (TPSA) is 102 Å². The second-order valence-corrected chi connectivity index (χ2v) is 3.54. The summed E-state index contributed by atoms with van der Waals surface area (Å²) in [7, 11) is 0. The number of likely N-dealkylation sites (N-methyl/N-ethyl adjacent to an activating group) is 1. The highest BCUT2D eigenvalue weighted by Gasteiger charge is 2.04. The van der Waals surface area contributed by atoms with Gasteiger partial charge < -0.3 is 21.1 Å². The van der Waals surface area contributed by atoms with Crippen LogP contribution in [0.2, 0.25) is 0 Å². The summed E-state index contributed by atoms with van der Waals surface area (Å²) in [5, 5.41) is 5.57. The molecular formula is C11H19N5O2. The Labute approximate surface area is 106 Å². The van der Waals surface area contributed by atoms with Gasteiger partial charge in [-0.3, -0.25) is 4.79 Å². The molecule has 1 amide bonds. The number of nitrogens with zero attached hydrogens (tertiary/aromatic N) is 2. The normalized spacial score (nSPS) is 10.1. The van der Waals surface area contributed by atoms with E-state index in [9.17, 15) is 4.79 Å². The van der Waals surface area contributed by atoms with Crippen LogP contribution < -0.4 is 16.4 Å².